The lowest BCUT2D eigenvalue weighted by molar-refractivity contribution is 0.347. The lowest BCUT2D eigenvalue weighted by Gasteiger charge is -2.24. The number of phenolic OH excluding ortho intramolecular Hbond substituents is 15. The molecule has 15 N–H and O–H groups in total. The summed E-state index contributed by atoms with van der Waals surface area (Å²) in [5, 5.41) is 161. The summed E-state index contributed by atoms with van der Waals surface area (Å²) in [7, 11) is 0. The minimum atomic E-state index is -1.45. The van der Waals surface area contributed by atoms with Crippen LogP contribution in [0, 0.1) is 0 Å². The van der Waals surface area contributed by atoms with E-state index in [-0.39, 0.29) is 11.1 Å². The summed E-state index contributed by atoms with van der Waals surface area (Å²) in [5.74, 6) is -20.3. The van der Waals surface area contributed by atoms with Crippen molar-refractivity contribution in [3.8, 4) is 108 Å². The Kier molecular flexibility index (Phi) is 6.08. The van der Waals surface area contributed by atoms with Crippen molar-refractivity contribution < 1.29 is 81.0 Å². The molecule has 7 aromatic carbocycles. The lowest BCUT2D eigenvalue weighted by atomic mass is 9.82. The van der Waals surface area contributed by atoms with E-state index in [1.807, 2.05) is 0 Å². The van der Waals surface area contributed by atoms with Crippen molar-refractivity contribution in [3.05, 3.63) is 42.5 Å². The molecule has 8 aromatic rings. The maximum absolute atomic E-state index is 11.7. The van der Waals surface area contributed by atoms with Gasteiger partial charge in [0.05, 0.1) is 16.3 Å². The van der Waals surface area contributed by atoms with E-state index in [1.54, 1.807) is 30.3 Å². The van der Waals surface area contributed by atoms with Crippen molar-refractivity contribution in [2.45, 2.75) is 0 Å². The molecule has 0 aliphatic rings. The predicted molar refractivity (Wildman–Crippen MR) is 182 cm³/mol. The third kappa shape index (κ3) is 3.58. The molecule has 0 radical (unpaired) electrons. The van der Waals surface area contributed by atoms with Crippen LogP contribution >= 0.6 is 0 Å². The smallest absolute Gasteiger partial charge is 0.205 e. The van der Waals surface area contributed by atoms with Gasteiger partial charge in [0.2, 0.25) is 34.5 Å². The fourth-order valence-corrected chi connectivity index (χ4v) is 6.95. The van der Waals surface area contributed by atoms with Gasteiger partial charge in [0.25, 0.3) is 0 Å². The maximum Gasteiger partial charge on any atom is 0.205 e. The molecule has 0 saturated carbocycles. The number of rotatable bonds is 2. The van der Waals surface area contributed by atoms with Crippen LogP contribution < -0.4 is 0 Å². The first-order valence-corrected chi connectivity index (χ1v) is 14.8. The molecule has 16 nitrogen and oxygen atoms in total. The monoisotopic (exact) mass is 710 g/mol. The van der Waals surface area contributed by atoms with Crippen molar-refractivity contribution in [3.63, 3.8) is 0 Å². The van der Waals surface area contributed by atoms with Crippen molar-refractivity contribution in [2.24, 2.45) is 0 Å². The van der Waals surface area contributed by atoms with E-state index >= 15 is 0 Å². The van der Waals surface area contributed by atoms with Gasteiger partial charge in [0.1, 0.15) is 16.9 Å². The first-order chi connectivity index (χ1) is 24.6. The number of hydrogen-bond acceptors (Lipinski definition) is 16. The van der Waals surface area contributed by atoms with Crippen LogP contribution in [-0.2, 0) is 0 Å². The van der Waals surface area contributed by atoms with Gasteiger partial charge in [-0.3, -0.25) is 0 Å². The van der Waals surface area contributed by atoms with Gasteiger partial charge < -0.3 is 81.0 Å². The number of phenols is 15. The first kappa shape index (κ1) is 31.4. The van der Waals surface area contributed by atoms with Crippen LogP contribution in [0.15, 0.2) is 46.9 Å². The van der Waals surface area contributed by atoms with Gasteiger partial charge in [-0.05, 0) is 6.07 Å². The Morgan fingerprint density at radius 1 is 0.288 bits per heavy atom. The zero-order chi connectivity index (χ0) is 37.4. The van der Waals surface area contributed by atoms with Crippen molar-refractivity contribution in [2.75, 3.05) is 0 Å². The third-order valence-electron chi connectivity index (χ3n) is 9.28. The largest absolute Gasteiger partial charge is 0.506 e. The summed E-state index contributed by atoms with van der Waals surface area (Å²) in [5.41, 5.74) is -2.21. The van der Waals surface area contributed by atoms with Gasteiger partial charge in [-0.15, -0.1) is 0 Å². The second-order valence-electron chi connectivity index (χ2n) is 11.9. The Hall–Kier alpha value is -7.88. The summed E-state index contributed by atoms with van der Waals surface area (Å²) in [4.78, 5) is 0. The standard InChI is InChI=1S/C36H22O16/c37-21-18(26(42)27(43)20-19(21)28(44)34(50)35(51)29(20)45)13-16-14(22(38)30(46)32(48)24(16)40)12(15-17(13)25(41)33(49)31(47)23(15)39)10-6-3-5-9-8-4-1-2-7-11(8)52-36(9)10/h1-7,37-51H. The SMILES string of the molecule is Oc1c(O)c(O)c2c(O)c(-c3c4c(O)c(O)c(O)c(O)c4c(-c4cccc5c4oc4ccccc45)c4c(O)c(O)c(O)c(O)c34)c(O)c(O)c2c1O. The zero-order valence-corrected chi connectivity index (χ0v) is 25.7. The average Bonchev–Trinajstić information content (AvgIpc) is 3.52. The van der Waals surface area contributed by atoms with E-state index in [2.05, 4.69) is 0 Å². The highest BCUT2D eigenvalue weighted by atomic mass is 16.4. The molecule has 0 aliphatic heterocycles. The van der Waals surface area contributed by atoms with Crippen LogP contribution in [0.25, 0.3) is 76.5 Å². The second-order valence-corrected chi connectivity index (χ2v) is 11.9. The minimum absolute atomic E-state index is 0.0432. The molecule has 262 valence electrons. The van der Waals surface area contributed by atoms with E-state index < -0.39 is 135 Å². The number of fused-ring (bicyclic) bond motifs is 6. The topological polar surface area (TPSA) is 317 Å². The highest BCUT2D eigenvalue weighted by Gasteiger charge is 2.37. The van der Waals surface area contributed by atoms with Crippen LogP contribution in [0.4, 0.5) is 0 Å². The number of aromatic hydroxyl groups is 15. The number of furan rings is 1. The molecule has 0 bridgehead atoms. The zero-order valence-electron chi connectivity index (χ0n) is 25.7. The Labute approximate surface area is 286 Å². The van der Waals surface area contributed by atoms with E-state index in [0.29, 0.717) is 16.4 Å². The average molecular weight is 711 g/mol. The molecule has 0 atom stereocenters. The molecule has 0 aliphatic carbocycles. The molecular formula is C36H22O16. The molecule has 0 spiro atoms. The Morgan fingerprint density at radius 3 is 1.17 bits per heavy atom. The predicted octanol–water partition coefficient (Wildman–Crippen LogP) is 5.96. The molecule has 0 saturated heterocycles. The number of para-hydroxylation sites is 2. The van der Waals surface area contributed by atoms with E-state index in [4.69, 9.17) is 4.42 Å². The van der Waals surface area contributed by atoms with Crippen LogP contribution in [0.1, 0.15) is 0 Å². The molecule has 1 heterocycles. The summed E-state index contributed by atoms with van der Waals surface area (Å²) < 4.78 is 6.13. The molecule has 52 heavy (non-hydrogen) atoms. The van der Waals surface area contributed by atoms with Gasteiger partial charge >= 0.3 is 0 Å². The molecular weight excluding hydrogens is 688 g/mol. The van der Waals surface area contributed by atoms with Gasteiger partial charge in [-0.1, -0.05) is 36.4 Å². The molecule has 8 rings (SSSR count). The molecule has 0 fully saturated rings. The lowest BCUT2D eigenvalue weighted by Crippen LogP contribution is -1.96. The molecule has 16 heteroatoms. The summed E-state index contributed by atoms with van der Waals surface area (Å²) >= 11 is 0. The number of benzene rings is 7. The molecule has 0 unspecified atom stereocenters. The van der Waals surface area contributed by atoms with Gasteiger partial charge in [0, 0.05) is 49.0 Å². The first-order valence-electron chi connectivity index (χ1n) is 14.8. The Bertz CT molecular complexity index is 2880. The normalized spacial score (nSPS) is 11.8. The van der Waals surface area contributed by atoms with E-state index in [1.165, 1.54) is 12.1 Å². The highest BCUT2D eigenvalue weighted by molar-refractivity contribution is 6.32. The fraction of sp³-hybridized carbons (Fsp3) is 0. The summed E-state index contributed by atoms with van der Waals surface area (Å²) in [6, 6.07) is 11.3. The second kappa shape index (κ2) is 10.1. The Balaban J connectivity index is 1.74. The van der Waals surface area contributed by atoms with E-state index in [9.17, 15) is 76.6 Å². The van der Waals surface area contributed by atoms with Gasteiger partial charge in [-0.25, -0.2) is 0 Å². The van der Waals surface area contributed by atoms with Crippen LogP contribution in [0.3, 0.4) is 0 Å². The van der Waals surface area contributed by atoms with Gasteiger partial charge in [0.15, 0.2) is 46.0 Å². The minimum Gasteiger partial charge on any atom is -0.506 e. The summed E-state index contributed by atoms with van der Waals surface area (Å²) in [6.45, 7) is 0. The van der Waals surface area contributed by atoms with Crippen LogP contribution in [0.5, 0.6) is 86.2 Å². The van der Waals surface area contributed by atoms with Crippen molar-refractivity contribution in [1.82, 2.24) is 0 Å². The van der Waals surface area contributed by atoms with Crippen LogP contribution in [-0.4, -0.2) is 76.6 Å². The van der Waals surface area contributed by atoms with Crippen molar-refractivity contribution in [1.29, 1.82) is 0 Å². The van der Waals surface area contributed by atoms with E-state index in [0.717, 1.165) is 0 Å². The third-order valence-corrected chi connectivity index (χ3v) is 9.28. The quantitative estimate of drug-likeness (QED) is 0.0558. The summed E-state index contributed by atoms with van der Waals surface area (Å²) in [6.07, 6.45) is 0. The molecule has 1 aromatic heterocycles. The number of hydrogen-bond donors (Lipinski definition) is 15. The fourth-order valence-electron chi connectivity index (χ4n) is 6.95. The Morgan fingerprint density at radius 2 is 0.673 bits per heavy atom. The van der Waals surface area contributed by atoms with Gasteiger partial charge in [-0.2, -0.15) is 0 Å². The highest BCUT2D eigenvalue weighted by Crippen LogP contribution is 2.66. The maximum atomic E-state index is 11.7. The van der Waals surface area contributed by atoms with Crippen molar-refractivity contribution >= 4 is 54.3 Å². The van der Waals surface area contributed by atoms with Crippen LogP contribution in [0.2, 0.25) is 0 Å². The molecule has 0 amide bonds.